The summed E-state index contributed by atoms with van der Waals surface area (Å²) in [5.74, 6) is 1.61. The molecule has 4 rings (SSSR count). The van der Waals surface area contributed by atoms with Gasteiger partial charge in [0.05, 0.1) is 12.9 Å². The number of anilines is 1. The van der Waals surface area contributed by atoms with Crippen molar-refractivity contribution in [1.29, 1.82) is 0 Å². The standard InChI is InChI=1S/C28H30N4O2S/c1-19-9-8-10-20(17-19)26-30-31-27(32(26)21-13-15-22(34-5)16-14-21)35-18-25(33)29-24-12-7-6-11-23(24)28(2,3)4/h6-17H,18H2,1-5H3,(H,29,33). The van der Waals surface area contributed by atoms with E-state index in [1.807, 2.05) is 72.2 Å². The van der Waals surface area contributed by atoms with E-state index in [0.29, 0.717) is 5.16 Å². The van der Waals surface area contributed by atoms with E-state index in [4.69, 9.17) is 4.74 Å². The number of carbonyl (C=O) groups is 1. The van der Waals surface area contributed by atoms with Gasteiger partial charge < -0.3 is 10.1 Å². The van der Waals surface area contributed by atoms with E-state index in [9.17, 15) is 4.79 Å². The number of rotatable bonds is 7. The number of methoxy groups -OCH3 is 1. The van der Waals surface area contributed by atoms with Crippen LogP contribution >= 0.6 is 11.8 Å². The summed E-state index contributed by atoms with van der Waals surface area (Å²) < 4.78 is 7.30. The highest BCUT2D eigenvalue weighted by Crippen LogP contribution is 2.31. The van der Waals surface area contributed by atoms with E-state index in [0.717, 1.165) is 39.6 Å². The average Bonchev–Trinajstić information content (AvgIpc) is 3.26. The molecule has 3 aromatic carbocycles. The lowest BCUT2D eigenvalue weighted by Gasteiger charge is -2.23. The molecule has 35 heavy (non-hydrogen) atoms. The maximum Gasteiger partial charge on any atom is 0.234 e. The van der Waals surface area contributed by atoms with Crippen LogP contribution in [-0.2, 0) is 10.2 Å². The van der Waals surface area contributed by atoms with E-state index in [2.05, 4.69) is 48.4 Å². The van der Waals surface area contributed by atoms with Crippen LogP contribution in [0.25, 0.3) is 17.1 Å². The highest BCUT2D eigenvalue weighted by atomic mass is 32.2. The smallest absolute Gasteiger partial charge is 0.234 e. The molecule has 0 bridgehead atoms. The molecule has 0 aliphatic rings. The van der Waals surface area contributed by atoms with Crippen molar-refractivity contribution in [3.8, 4) is 22.8 Å². The van der Waals surface area contributed by atoms with Crippen molar-refractivity contribution in [3.63, 3.8) is 0 Å². The molecule has 6 nitrogen and oxygen atoms in total. The van der Waals surface area contributed by atoms with Crippen LogP contribution in [0.4, 0.5) is 5.69 Å². The van der Waals surface area contributed by atoms with Crippen molar-refractivity contribution in [2.75, 3.05) is 18.2 Å². The third kappa shape index (κ3) is 5.74. The summed E-state index contributed by atoms with van der Waals surface area (Å²) in [6.07, 6.45) is 0. The lowest BCUT2D eigenvalue weighted by molar-refractivity contribution is -0.113. The molecule has 1 N–H and O–H groups in total. The quantitative estimate of drug-likeness (QED) is 0.311. The number of benzene rings is 3. The van der Waals surface area contributed by atoms with Gasteiger partial charge in [0.2, 0.25) is 5.91 Å². The fourth-order valence-electron chi connectivity index (χ4n) is 3.86. The zero-order valence-electron chi connectivity index (χ0n) is 20.7. The Balaban J connectivity index is 1.61. The van der Waals surface area contributed by atoms with E-state index in [-0.39, 0.29) is 17.1 Å². The molecule has 1 amide bonds. The van der Waals surface area contributed by atoms with Gasteiger partial charge in [0.1, 0.15) is 5.75 Å². The third-order valence-corrected chi connectivity index (χ3v) is 6.51. The van der Waals surface area contributed by atoms with Crippen LogP contribution < -0.4 is 10.1 Å². The zero-order valence-corrected chi connectivity index (χ0v) is 21.5. The van der Waals surface area contributed by atoms with Crippen LogP contribution in [0.5, 0.6) is 5.75 Å². The second-order valence-electron chi connectivity index (χ2n) is 9.34. The van der Waals surface area contributed by atoms with Crippen molar-refractivity contribution in [1.82, 2.24) is 14.8 Å². The Bertz CT molecular complexity index is 1320. The number of hydrogen-bond donors (Lipinski definition) is 1. The summed E-state index contributed by atoms with van der Waals surface area (Å²) >= 11 is 1.36. The molecular formula is C28H30N4O2S. The molecule has 4 aromatic rings. The number of carbonyl (C=O) groups excluding carboxylic acids is 1. The number of amides is 1. The number of aryl methyl sites for hydroxylation is 1. The number of para-hydroxylation sites is 1. The molecule has 0 aliphatic heterocycles. The Morgan fingerprint density at radius 2 is 1.74 bits per heavy atom. The Labute approximate surface area is 210 Å². The molecule has 1 heterocycles. The normalized spacial score (nSPS) is 11.3. The molecule has 180 valence electrons. The maximum absolute atomic E-state index is 12.9. The molecule has 0 radical (unpaired) electrons. The fraction of sp³-hybridized carbons (Fsp3) is 0.250. The summed E-state index contributed by atoms with van der Waals surface area (Å²) in [5, 5.41) is 12.6. The summed E-state index contributed by atoms with van der Waals surface area (Å²) in [6, 6.07) is 23.8. The van der Waals surface area contributed by atoms with Gasteiger partial charge in [-0.1, -0.05) is 74.5 Å². The van der Waals surface area contributed by atoms with Gasteiger partial charge in [-0.25, -0.2) is 0 Å². The van der Waals surface area contributed by atoms with Gasteiger partial charge in [0.15, 0.2) is 11.0 Å². The van der Waals surface area contributed by atoms with Crippen LogP contribution in [0.2, 0.25) is 0 Å². The van der Waals surface area contributed by atoms with Gasteiger partial charge in [0, 0.05) is 16.9 Å². The predicted octanol–water partition coefficient (Wildman–Crippen LogP) is 6.28. The van der Waals surface area contributed by atoms with Crippen LogP contribution in [0.3, 0.4) is 0 Å². The summed E-state index contributed by atoms with van der Waals surface area (Å²) in [6.45, 7) is 8.46. The van der Waals surface area contributed by atoms with Gasteiger partial charge in [-0.2, -0.15) is 0 Å². The Morgan fingerprint density at radius 1 is 1.00 bits per heavy atom. The number of nitrogens with zero attached hydrogens (tertiary/aromatic N) is 3. The largest absolute Gasteiger partial charge is 0.497 e. The van der Waals surface area contributed by atoms with E-state index in [1.165, 1.54) is 11.8 Å². The SMILES string of the molecule is COc1ccc(-n2c(SCC(=O)Nc3ccccc3C(C)(C)C)nnc2-c2cccc(C)c2)cc1. The zero-order chi connectivity index (χ0) is 25.0. The van der Waals surface area contributed by atoms with Gasteiger partial charge in [-0.15, -0.1) is 10.2 Å². The Morgan fingerprint density at radius 3 is 2.43 bits per heavy atom. The third-order valence-electron chi connectivity index (χ3n) is 5.58. The van der Waals surface area contributed by atoms with E-state index >= 15 is 0 Å². The molecular weight excluding hydrogens is 456 g/mol. The first-order chi connectivity index (χ1) is 16.8. The van der Waals surface area contributed by atoms with Crippen LogP contribution in [0, 0.1) is 6.92 Å². The van der Waals surface area contributed by atoms with Crippen LogP contribution in [0.1, 0.15) is 31.9 Å². The Kier molecular flexibility index (Phi) is 7.26. The summed E-state index contributed by atoms with van der Waals surface area (Å²) in [7, 11) is 1.64. The maximum atomic E-state index is 12.9. The minimum Gasteiger partial charge on any atom is -0.497 e. The first-order valence-corrected chi connectivity index (χ1v) is 12.4. The fourth-order valence-corrected chi connectivity index (χ4v) is 4.61. The van der Waals surface area contributed by atoms with Crippen molar-refractivity contribution >= 4 is 23.4 Å². The van der Waals surface area contributed by atoms with Gasteiger partial charge in [-0.3, -0.25) is 9.36 Å². The monoisotopic (exact) mass is 486 g/mol. The number of nitrogens with one attached hydrogen (secondary N) is 1. The highest BCUT2D eigenvalue weighted by Gasteiger charge is 2.20. The lowest BCUT2D eigenvalue weighted by Crippen LogP contribution is -2.20. The van der Waals surface area contributed by atoms with Crippen molar-refractivity contribution in [2.24, 2.45) is 0 Å². The number of ether oxygens (including phenoxy) is 1. The molecule has 0 spiro atoms. The van der Waals surface area contributed by atoms with Gasteiger partial charge in [0.25, 0.3) is 0 Å². The number of aromatic nitrogens is 3. The molecule has 0 fully saturated rings. The molecule has 1 aromatic heterocycles. The highest BCUT2D eigenvalue weighted by molar-refractivity contribution is 7.99. The second kappa shape index (κ2) is 10.4. The Hall–Kier alpha value is -3.58. The first kappa shape index (κ1) is 24.5. The summed E-state index contributed by atoms with van der Waals surface area (Å²) in [4.78, 5) is 12.9. The predicted molar refractivity (Wildman–Crippen MR) is 143 cm³/mol. The number of hydrogen-bond acceptors (Lipinski definition) is 5. The first-order valence-electron chi connectivity index (χ1n) is 11.5. The minimum absolute atomic E-state index is 0.0751. The molecule has 0 saturated heterocycles. The van der Waals surface area contributed by atoms with Crippen LogP contribution in [-0.4, -0.2) is 33.5 Å². The van der Waals surface area contributed by atoms with Crippen molar-refractivity contribution in [3.05, 3.63) is 83.9 Å². The van der Waals surface area contributed by atoms with Gasteiger partial charge >= 0.3 is 0 Å². The number of thioether (sulfide) groups is 1. The van der Waals surface area contributed by atoms with Crippen molar-refractivity contribution < 1.29 is 9.53 Å². The lowest BCUT2D eigenvalue weighted by atomic mass is 9.86. The van der Waals surface area contributed by atoms with Gasteiger partial charge in [-0.05, 0) is 54.3 Å². The van der Waals surface area contributed by atoms with Crippen LogP contribution in [0.15, 0.2) is 78.0 Å². The van der Waals surface area contributed by atoms with E-state index < -0.39 is 0 Å². The van der Waals surface area contributed by atoms with Crippen molar-refractivity contribution in [2.45, 2.75) is 38.3 Å². The second-order valence-corrected chi connectivity index (χ2v) is 10.3. The molecule has 0 unspecified atom stereocenters. The van der Waals surface area contributed by atoms with E-state index in [1.54, 1.807) is 7.11 Å². The summed E-state index contributed by atoms with van der Waals surface area (Å²) in [5.41, 5.74) is 4.85. The molecule has 0 aliphatic carbocycles. The average molecular weight is 487 g/mol. The minimum atomic E-state index is -0.0897. The molecule has 0 saturated carbocycles. The molecule has 7 heteroatoms. The topological polar surface area (TPSA) is 69.0 Å². The molecule has 0 atom stereocenters.